The number of rotatable bonds is 1. The summed E-state index contributed by atoms with van der Waals surface area (Å²) >= 11 is 1.52. The summed E-state index contributed by atoms with van der Waals surface area (Å²) in [5.74, 6) is 0.0567. The average molecular weight is 169 g/mol. The van der Waals surface area contributed by atoms with Gasteiger partial charge in [-0.3, -0.25) is 4.79 Å². The van der Waals surface area contributed by atoms with Gasteiger partial charge in [0.25, 0.3) is 5.91 Å². The van der Waals surface area contributed by atoms with Crippen LogP contribution in [-0.2, 0) is 4.79 Å². The molecule has 0 aliphatic carbocycles. The maximum atomic E-state index is 11.2. The van der Waals surface area contributed by atoms with Crippen LogP contribution in [0.2, 0.25) is 0 Å². The number of nitrogens with zero attached hydrogens (tertiary/aromatic N) is 1. The molecule has 0 aromatic heterocycles. The maximum Gasteiger partial charge on any atom is 0.251 e. The zero-order valence-electron chi connectivity index (χ0n) is 6.65. The Labute approximate surface area is 71.0 Å². The lowest BCUT2D eigenvalue weighted by Crippen LogP contribution is -2.30. The van der Waals surface area contributed by atoms with Crippen LogP contribution >= 0.6 is 11.8 Å². The molecule has 0 atom stereocenters. The van der Waals surface area contributed by atoms with E-state index in [1.165, 1.54) is 11.8 Å². The summed E-state index contributed by atoms with van der Waals surface area (Å²) in [4.78, 5) is 12.9. The Morgan fingerprint density at radius 2 is 2.18 bits per heavy atom. The minimum atomic E-state index is 0.0567. The molecule has 0 aromatic carbocycles. The third kappa shape index (κ3) is 2.12. The first-order chi connectivity index (χ1) is 5.22. The molecule has 0 spiro atoms. The van der Waals surface area contributed by atoms with E-state index in [0.717, 1.165) is 0 Å². The zero-order chi connectivity index (χ0) is 8.27. The molecule has 0 fully saturated rings. The fourth-order valence-electron chi connectivity index (χ4n) is 0.830. The third-order valence-corrected chi connectivity index (χ3v) is 1.97. The number of hydrogen-bond acceptors (Lipinski definition) is 2. The van der Waals surface area contributed by atoms with Crippen LogP contribution < -0.4 is 0 Å². The fourth-order valence-corrected chi connectivity index (χ4v) is 1.32. The molecule has 0 unspecified atom stereocenters. The van der Waals surface area contributed by atoms with Crippen molar-refractivity contribution in [2.75, 3.05) is 0 Å². The van der Waals surface area contributed by atoms with Crippen molar-refractivity contribution in [2.24, 2.45) is 0 Å². The SMILES string of the molecule is CC(C)N1C=CSC=CC1=O. The van der Waals surface area contributed by atoms with Gasteiger partial charge in [0.15, 0.2) is 0 Å². The Hall–Kier alpha value is -0.700. The molecule has 1 rings (SSSR count). The van der Waals surface area contributed by atoms with Crippen LogP contribution in [0.5, 0.6) is 0 Å². The van der Waals surface area contributed by atoms with Crippen molar-refractivity contribution >= 4 is 17.7 Å². The highest BCUT2D eigenvalue weighted by molar-refractivity contribution is 8.04. The molecule has 1 aliphatic rings. The van der Waals surface area contributed by atoms with Crippen LogP contribution in [0.25, 0.3) is 0 Å². The second-order valence-electron chi connectivity index (χ2n) is 2.56. The highest BCUT2D eigenvalue weighted by atomic mass is 32.2. The van der Waals surface area contributed by atoms with Crippen LogP contribution in [0.4, 0.5) is 0 Å². The molecule has 60 valence electrons. The van der Waals surface area contributed by atoms with Crippen LogP contribution in [0, 0.1) is 0 Å². The number of hydrogen-bond donors (Lipinski definition) is 0. The smallest absolute Gasteiger partial charge is 0.251 e. The second kappa shape index (κ2) is 3.62. The van der Waals surface area contributed by atoms with Gasteiger partial charge in [0.05, 0.1) is 0 Å². The largest absolute Gasteiger partial charge is 0.312 e. The van der Waals surface area contributed by atoms with E-state index in [-0.39, 0.29) is 11.9 Å². The zero-order valence-corrected chi connectivity index (χ0v) is 7.47. The summed E-state index contributed by atoms with van der Waals surface area (Å²) in [6, 6.07) is 0.238. The van der Waals surface area contributed by atoms with Crippen LogP contribution in [0.1, 0.15) is 13.8 Å². The molecule has 0 radical (unpaired) electrons. The molecule has 3 heteroatoms. The van der Waals surface area contributed by atoms with Gasteiger partial charge in [0.2, 0.25) is 0 Å². The van der Waals surface area contributed by atoms with Crippen molar-refractivity contribution in [1.29, 1.82) is 0 Å². The van der Waals surface area contributed by atoms with Crippen molar-refractivity contribution in [3.05, 3.63) is 23.1 Å². The fraction of sp³-hybridized carbons (Fsp3) is 0.375. The van der Waals surface area contributed by atoms with Gasteiger partial charge in [-0.05, 0) is 24.7 Å². The van der Waals surface area contributed by atoms with E-state index in [0.29, 0.717) is 0 Å². The van der Waals surface area contributed by atoms with Gasteiger partial charge in [-0.2, -0.15) is 0 Å². The lowest BCUT2D eigenvalue weighted by atomic mass is 10.3. The number of carbonyl (C=O) groups excluding carboxylic acids is 1. The molecule has 2 nitrogen and oxygen atoms in total. The predicted molar refractivity (Wildman–Crippen MR) is 47.9 cm³/mol. The quantitative estimate of drug-likeness (QED) is 0.598. The molecule has 0 bridgehead atoms. The molecule has 11 heavy (non-hydrogen) atoms. The summed E-state index contributed by atoms with van der Waals surface area (Å²) in [6.45, 7) is 3.98. The summed E-state index contributed by atoms with van der Waals surface area (Å²) in [6.07, 6.45) is 3.41. The number of carbonyl (C=O) groups is 1. The van der Waals surface area contributed by atoms with Crippen molar-refractivity contribution in [3.8, 4) is 0 Å². The van der Waals surface area contributed by atoms with Gasteiger partial charge in [0, 0.05) is 18.3 Å². The summed E-state index contributed by atoms with van der Waals surface area (Å²) < 4.78 is 0. The number of amides is 1. The van der Waals surface area contributed by atoms with Crippen molar-refractivity contribution in [3.63, 3.8) is 0 Å². The minimum absolute atomic E-state index is 0.0567. The third-order valence-electron chi connectivity index (χ3n) is 1.40. The molecular formula is C8H11NOS. The van der Waals surface area contributed by atoms with Crippen LogP contribution in [0.3, 0.4) is 0 Å². The van der Waals surface area contributed by atoms with Gasteiger partial charge >= 0.3 is 0 Å². The summed E-state index contributed by atoms with van der Waals surface area (Å²) in [5.41, 5.74) is 0. The Kier molecular flexibility index (Phi) is 2.76. The normalized spacial score (nSPS) is 17.7. The Morgan fingerprint density at radius 1 is 1.45 bits per heavy atom. The first kappa shape index (κ1) is 8.40. The molecule has 0 N–H and O–H groups in total. The van der Waals surface area contributed by atoms with E-state index in [4.69, 9.17) is 0 Å². The van der Waals surface area contributed by atoms with Gasteiger partial charge in [-0.1, -0.05) is 0 Å². The van der Waals surface area contributed by atoms with Crippen LogP contribution in [-0.4, -0.2) is 16.8 Å². The lowest BCUT2D eigenvalue weighted by Gasteiger charge is -2.19. The van der Waals surface area contributed by atoms with Crippen LogP contribution in [0.15, 0.2) is 23.1 Å². The highest BCUT2D eigenvalue weighted by Gasteiger charge is 2.11. The molecule has 0 aromatic rings. The van der Waals surface area contributed by atoms with Crippen molar-refractivity contribution < 1.29 is 4.79 Å². The Morgan fingerprint density at radius 3 is 2.82 bits per heavy atom. The molecule has 1 heterocycles. The molecule has 1 aliphatic heterocycles. The lowest BCUT2D eigenvalue weighted by molar-refractivity contribution is -0.124. The average Bonchev–Trinajstić information content (AvgIpc) is 2.13. The second-order valence-corrected chi connectivity index (χ2v) is 3.38. The molecule has 1 amide bonds. The maximum absolute atomic E-state index is 11.2. The first-order valence-electron chi connectivity index (χ1n) is 3.53. The van der Waals surface area contributed by atoms with Gasteiger partial charge < -0.3 is 4.90 Å². The summed E-state index contributed by atoms with van der Waals surface area (Å²) in [7, 11) is 0. The predicted octanol–water partition coefficient (Wildman–Crippen LogP) is 1.96. The topological polar surface area (TPSA) is 20.3 Å². The Bertz CT molecular complexity index is 208. The van der Waals surface area contributed by atoms with E-state index >= 15 is 0 Å². The minimum Gasteiger partial charge on any atom is -0.312 e. The monoisotopic (exact) mass is 169 g/mol. The van der Waals surface area contributed by atoms with E-state index in [1.807, 2.05) is 25.5 Å². The highest BCUT2D eigenvalue weighted by Crippen LogP contribution is 2.12. The van der Waals surface area contributed by atoms with E-state index < -0.39 is 0 Å². The van der Waals surface area contributed by atoms with Crippen molar-refractivity contribution in [2.45, 2.75) is 19.9 Å². The van der Waals surface area contributed by atoms with E-state index in [1.54, 1.807) is 16.4 Å². The van der Waals surface area contributed by atoms with Gasteiger partial charge in [-0.15, -0.1) is 11.8 Å². The summed E-state index contributed by atoms with van der Waals surface area (Å²) in [5, 5.41) is 3.70. The molecule has 0 saturated heterocycles. The van der Waals surface area contributed by atoms with Gasteiger partial charge in [0.1, 0.15) is 0 Å². The Balaban J connectivity index is 2.76. The number of thioether (sulfide) groups is 1. The first-order valence-corrected chi connectivity index (χ1v) is 4.47. The molecular weight excluding hydrogens is 158 g/mol. The van der Waals surface area contributed by atoms with Crippen molar-refractivity contribution in [1.82, 2.24) is 4.90 Å². The van der Waals surface area contributed by atoms with E-state index in [2.05, 4.69) is 0 Å². The standard InChI is InChI=1S/C8H11NOS/c1-7(2)9-4-6-11-5-3-8(9)10/h3-7H,1-2H3. The molecule has 0 saturated carbocycles. The van der Waals surface area contributed by atoms with Gasteiger partial charge in [-0.25, -0.2) is 0 Å². The van der Waals surface area contributed by atoms with E-state index in [9.17, 15) is 4.79 Å².